The maximum atomic E-state index is 11.5. The van der Waals surface area contributed by atoms with E-state index in [0.717, 1.165) is 0 Å². The smallest absolute Gasteiger partial charge is 0.328 e. The Morgan fingerprint density at radius 1 is 1.06 bits per heavy atom. The quantitative estimate of drug-likeness (QED) is 0.450. The normalized spacial score (nSPS) is 13.9. The molecule has 0 aliphatic carbocycles. The van der Waals surface area contributed by atoms with Gasteiger partial charge in [-0.1, -0.05) is 0 Å². The minimum absolute atomic E-state index is 0.157. The fourth-order valence-electron chi connectivity index (χ4n) is 1.16. The van der Waals surface area contributed by atoms with E-state index in [2.05, 4.69) is 0 Å². The molecule has 1 aromatic rings. The topological polar surface area (TPSA) is 95.4 Å². The van der Waals surface area contributed by atoms with Crippen LogP contribution < -0.4 is 16.2 Å². The van der Waals surface area contributed by atoms with Gasteiger partial charge in [0.1, 0.15) is 11.8 Å². The summed E-state index contributed by atoms with van der Waals surface area (Å²) in [4.78, 5) is 22.7. The van der Waals surface area contributed by atoms with E-state index in [1.54, 1.807) is 19.1 Å². The molecule has 92 valence electrons. The van der Waals surface area contributed by atoms with Gasteiger partial charge >= 0.3 is 5.97 Å². The van der Waals surface area contributed by atoms with Crippen LogP contribution in [0.2, 0.25) is 0 Å². The highest BCUT2D eigenvalue weighted by atomic mass is 16.5. The molecule has 0 heterocycles. The van der Waals surface area contributed by atoms with Crippen molar-refractivity contribution < 1.29 is 14.3 Å². The van der Waals surface area contributed by atoms with Crippen LogP contribution in [0, 0.1) is 0 Å². The molecular weight excluding hydrogens is 220 g/mol. The first-order valence-electron chi connectivity index (χ1n) is 5.29. The van der Waals surface area contributed by atoms with Crippen molar-refractivity contribution in [2.24, 2.45) is 11.5 Å². The summed E-state index contributed by atoms with van der Waals surface area (Å²) in [6, 6.07) is 4.98. The first-order chi connectivity index (χ1) is 7.91. The Morgan fingerprint density at radius 3 is 2.00 bits per heavy atom. The Morgan fingerprint density at radius 2 is 1.59 bits per heavy atom. The van der Waals surface area contributed by atoms with Crippen LogP contribution in [0.5, 0.6) is 5.75 Å². The van der Waals surface area contributed by atoms with Crippen LogP contribution in [0.4, 0.5) is 0 Å². The molecule has 17 heavy (non-hydrogen) atoms. The lowest BCUT2D eigenvalue weighted by atomic mass is 10.1. The van der Waals surface area contributed by atoms with E-state index in [-0.39, 0.29) is 5.78 Å². The van der Waals surface area contributed by atoms with Gasteiger partial charge < -0.3 is 16.2 Å². The number of carbonyl (C=O) groups is 2. The van der Waals surface area contributed by atoms with Crippen LogP contribution >= 0.6 is 0 Å². The molecule has 0 aromatic heterocycles. The van der Waals surface area contributed by atoms with Crippen molar-refractivity contribution >= 4 is 11.8 Å². The van der Waals surface area contributed by atoms with Crippen LogP contribution in [0.3, 0.4) is 0 Å². The zero-order valence-corrected chi connectivity index (χ0v) is 9.84. The monoisotopic (exact) mass is 236 g/mol. The minimum atomic E-state index is -0.680. The molecule has 0 saturated carbocycles. The van der Waals surface area contributed by atoms with E-state index in [1.165, 1.54) is 19.1 Å². The van der Waals surface area contributed by atoms with Gasteiger partial charge in [0.2, 0.25) is 0 Å². The van der Waals surface area contributed by atoms with Gasteiger partial charge in [-0.05, 0) is 38.1 Å². The summed E-state index contributed by atoms with van der Waals surface area (Å²) in [5, 5.41) is 0. The predicted octanol–water partition coefficient (Wildman–Crippen LogP) is 0.469. The number of esters is 1. The summed E-state index contributed by atoms with van der Waals surface area (Å²) in [6.07, 6.45) is 0. The molecule has 0 fully saturated rings. The summed E-state index contributed by atoms with van der Waals surface area (Å²) in [5.41, 5.74) is 11.3. The van der Waals surface area contributed by atoms with Crippen LogP contribution in [-0.4, -0.2) is 23.8 Å². The first-order valence-corrected chi connectivity index (χ1v) is 5.29. The lowest BCUT2D eigenvalue weighted by Gasteiger charge is -2.08. The van der Waals surface area contributed by atoms with E-state index in [1.807, 2.05) is 0 Å². The number of ether oxygens (including phenoxy) is 1. The zero-order valence-electron chi connectivity index (χ0n) is 9.84. The highest BCUT2D eigenvalue weighted by molar-refractivity contribution is 5.99. The molecule has 0 aliphatic heterocycles. The maximum Gasteiger partial charge on any atom is 0.328 e. The molecule has 1 rings (SSSR count). The molecule has 5 heteroatoms. The van der Waals surface area contributed by atoms with Crippen LogP contribution in [0.25, 0.3) is 0 Å². The van der Waals surface area contributed by atoms with Gasteiger partial charge in [0.05, 0.1) is 6.04 Å². The number of ketones is 1. The highest BCUT2D eigenvalue weighted by Crippen LogP contribution is 2.13. The molecule has 2 atom stereocenters. The van der Waals surface area contributed by atoms with Crippen molar-refractivity contribution in [1.82, 2.24) is 0 Å². The zero-order chi connectivity index (χ0) is 13.0. The second-order valence-electron chi connectivity index (χ2n) is 3.89. The van der Waals surface area contributed by atoms with Gasteiger partial charge in [0.15, 0.2) is 5.78 Å². The average molecular weight is 236 g/mol. The van der Waals surface area contributed by atoms with Crippen molar-refractivity contribution in [2.75, 3.05) is 0 Å². The van der Waals surface area contributed by atoms with Crippen molar-refractivity contribution in [3.8, 4) is 5.75 Å². The van der Waals surface area contributed by atoms with Gasteiger partial charge in [-0.2, -0.15) is 0 Å². The Labute approximate surface area is 99.7 Å². The number of hydrogen-bond acceptors (Lipinski definition) is 5. The number of rotatable bonds is 4. The Kier molecular flexibility index (Phi) is 4.37. The summed E-state index contributed by atoms with van der Waals surface area (Å²) >= 11 is 0. The van der Waals surface area contributed by atoms with E-state index in [9.17, 15) is 9.59 Å². The molecule has 4 N–H and O–H groups in total. The average Bonchev–Trinajstić information content (AvgIpc) is 2.28. The molecule has 0 bridgehead atoms. The van der Waals surface area contributed by atoms with Crippen molar-refractivity contribution in [2.45, 2.75) is 25.9 Å². The third-order valence-corrected chi connectivity index (χ3v) is 2.14. The minimum Gasteiger partial charge on any atom is -0.425 e. The van der Waals surface area contributed by atoms with Gasteiger partial charge in [-0.3, -0.25) is 4.79 Å². The largest absolute Gasteiger partial charge is 0.425 e. The van der Waals surface area contributed by atoms with E-state index in [0.29, 0.717) is 11.3 Å². The van der Waals surface area contributed by atoms with Crippen LogP contribution in [0.15, 0.2) is 24.3 Å². The fourth-order valence-corrected chi connectivity index (χ4v) is 1.16. The fraction of sp³-hybridized carbons (Fsp3) is 0.333. The second kappa shape index (κ2) is 5.56. The van der Waals surface area contributed by atoms with E-state index < -0.39 is 18.1 Å². The summed E-state index contributed by atoms with van der Waals surface area (Å²) in [6.45, 7) is 3.16. The molecular formula is C12H16N2O3. The maximum absolute atomic E-state index is 11.5. The standard InChI is InChI=1S/C12H16N2O3/c1-7(13)11(15)9-3-5-10(6-4-9)17-12(16)8(2)14/h3-8H,13-14H2,1-2H3/t7-,8-/m0/s1. The second-order valence-corrected chi connectivity index (χ2v) is 3.89. The lowest BCUT2D eigenvalue weighted by Crippen LogP contribution is -2.30. The molecule has 0 unspecified atom stereocenters. The Balaban J connectivity index is 2.75. The van der Waals surface area contributed by atoms with Crippen LogP contribution in [0.1, 0.15) is 24.2 Å². The predicted molar refractivity (Wildman–Crippen MR) is 63.7 cm³/mol. The molecule has 0 saturated heterocycles. The number of nitrogens with two attached hydrogens (primary N) is 2. The summed E-state index contributed by atoms with van der Waals surface area (Å²) < 4.78 is 4.96. The molecule has 0 amide bonds. The summed E-state index contributed by atoms with van der Waals surface area (Å²) in [7, 11) is 0. The molecule has 5 nitrogen and oxygen atoms in total. The molecule has 0 radical (unpaired) electrons. The number of Topliss-reactive ketones (excluding diaryl/α,β-unsaturated/α-hetero) is 1. The Hall–Kier alpha value is -1.72. The highest BCUT2D eigenvalue weighted by Gasteiger charge is 2.12. The SMILES string of the molecule is C[C@H](N)C(=O)Oc1ccc(C(=O)[C@H](C)N)cc1. The summed E-state index contributed by atoms with van der Waals surface area (Å²) in [5.74, 6) is -0.320. The third kappa shape index (κ3) is 3.65. The first kappa shape index (κ1) is 13.3. The number of benzene rings is 1. The van der Waals surface area contributed by atoms with Gasteiger partial charge in [0.25, 0.3) is 0 Å². The van der Waals surface area contributed by atoms with Crippen LogP contribution in [-0.2, 0) is 4.79 Å². The lowest BCUT2D eigenvalue weighted by molar-refractivity contribution is -0.135. The van der Waals surface area contributed by atoms with Gasteiger partial charge in [-0.15, -0.1) is 0 Å². The molecule has 1 aromatic carbocycles. The van der Waals surface area contributed by atoms with E-state index >= 15 is 0 Å². The number of hydrogen-bond donors (Lipinski definition) is 2. The van der Waals surface area contributed by atoms with Gasteiger partial charge in [0, 0.05) is 5.56 Å². The van der Waals surface area contributed by atoms with Crippen molar-refractivity contribution in [3.05, 3.63) is 29.8 Å². The van der Waals surface area contributed by atoms with Crippen molar-refractivity contribution in [1.29, 1.82) is 0 Å². The Bertz CT molecular complexity index is 410. The molecule has 0 spiro atoms. The molecule has 0 aliphatic rings. The van der Waals surface area contributed by atoms with Crippen molar-refractivity contribution in [3.63, 3.8) is 0 Å². The number of carbonyl (C=O) groups excluding carboxylic acids is 2. The third-order valence-electron chi connectivity index (χ3n) is 2.14. The van der Waals surface area contributed by atoms with Gasteiger partial charge in [-0.25, -0.2) is 4.79 Å². The van der Waals surface area contributed by atoms with E-state index in [4.69, 9.17) is 16.2 Å².